The van der Waals surface area contributed by atoms with Crippen LogP contribution in [0.1, 0.15) is 0 Å². The van der Waals surface area contributed by atoms with Crippen LogP contribution in [0.15, 0.2) is 34.3 Å². The van der Waals surface area contributed by atoms with Crippen LogP contribution in [-0.4, -0.2) is 18.7 Å². The summed E-state index contributed by atoms with van der Waals surface area (Å²) < 4.78 is 23.1. The monoisotopic (exact) mass is 244 g/mol. The molecule has 1 aromatic carbocycles. The molecule has 0 saturated carbocycles. The lowest BCUT2D eigenvalue weighted by atomic mass is 10.4. The second-order valence-corrected chi connectivity index (χ2v) is 4.78. The fourth-order valence-corrected chi connectivity index (χ4v) is 1.93. The van der Waals surface area contributed by atoms with Crippen molar-refractivity contribution >= 4 is 26.5 Å². The Morgan fingerprint density at radius 2 is 1.93 bits per heavy atom. The number of nitriles is 1. The van der Waals surface area contributed by atoms with Gasteiger partial charge in [0.15, 0.2) is 0 Å². The lowest BCUT2D eigenvalue weighted by molar-refractivity contribution is 0.321. The van der Waals surface area contributed by atoms with Gasteiger partial charge in [-0.25, -0.2) is 8.42 Å². The molecule has 0 amide bonds. The summed E-state index contributed by atoms with van der Waals surface area (Å²) in [6.45, 7) is 0. The lowest BCUT2D eigenvalue weighted by Crippen LogP contribution is -2.13. The summed E-state index contributed by atoms with van der Waals surface area (Å²) in [5, 5.41) is 18.6. The largest absolute Gasteiger partial charge is 0.409 e. The van der Waals surface area contributed by atoms with Crippen molar-refractivity contribution in [3.8, 4) is 6.07 Å². The highest BCUT2D eigenvalue weighted by molar-refractivity contribution is 8.07. The van der Waals surface area contributed by atoms with Crippen LogP contribution in [0.3, 0.4) is 0 Å². The van der Waals surface area contributed by atoms with Gasteiger partial charge in [0.2, 0.25) is 9.84 Å². The number of nitrogens with zero attached hydrogens (tertiary/aromatic N) is 2. The molecule has 1 aromatic rings. The molecule has 0 aromatic heterocycles. The Morgan fingerprint density at radius 1 is 1.40 bits per heavy atom. The summed E-state index contributed by atoms with van der Waals surface area (Å²) in [4.78, 5) is -0.152. The number of hydrogen-bond acceptors (Lipinski definition) is 5. The standard InChI is InChI=1S/C8H5ClN2O3S/c9-6-1-3-7(4-2-6)15(13,14)8(5-10)11-12/h1-4,12H/b11-8-. The van der Waals surface area contributed by atoms with Crippen LogP contribution < -0.4 is 0 Å². The Kier molecular flexibility index (Phi) is 3.29. The van der Waals surface area contributed by atoms with Crippen LogP contribution in [0.25, 0.3) is 0 Å². The minimum absolute atomic E-state index is 0.152. The van der Waals surface area contributed by atoms with Crippen molar-refractivity contribution in [1.29, 1.82) is 5.26 Å². The van der Waals surface area contributed by atoms with Gasteiger partial charge in [0.1, 0.15) is 6.07 Å². The van der Waals surface area contributed by atoms with Crippen LogP contribution in [0.2, 0.25) is 5.02 Å². The van der Waals surface area contributed by atoms with Crippen LogP contribution in [0, 0.1) is 11.3 Å². The molecule has 78 valence electrons. The Labute approximate surface area is 91.1 Å². The molecule has 0 fully saturated rings. The van der Waals surface area contributed by atoms with Crippen LogP contribution >= 0.6 is 11.6 Å². The molecule has 0 bridgehead atoms. The van der Waals surface area contributed by atoms with Gasteiger partial charge in [-0.05, 0) is 24.3 Å². The highest BCUT2D eigenvalue weighted by Gasteiger charge is 2.22. The van der Waals surface area contributed by atoms with E-state index >= 15 is 0 Å². The average Bonchev–Trinajstić information content (AvgIpc) is 2.19. The molecule has 15 heavy (non-hydrogen) atoms. The van der Waals surface area contributed by atoms with Gasteiger partial charge in [0.05, 0.1) is 4.90 Å². The third-order valence-corrected chi connectivity index (χ3v) is 3.39. The highest BCUT2D eigenvalue weighted by atomic mass is 35.5. The molecule has 0 unspecified atom stereocenters. The first-order valence-corrected chi connectivity index (χ1v) is 5.51. The fraction of sp³-hybridized carbons (Fsp3) is 0. The summed E-state index contributed by atoms with van der Waals surface area (Å²) >= 11 is 5.57. The van der Waals surface area contributed by atoms with Gasteiger partial charge < -0.3 is 5.21 Å². The van der Waals surface area contributed by atoms with E-state index in [0.717, 1.165) is 0 Å². The third kappa shape index (κ3) is 2.26. The zero-order chi connectivity index (χ0) is 11.5. The second-order valence-electron chi connectivity index (χ2n) is 2.47. The van der Waals surface area contributed by atoms with Gasteiger partial charge in [-0.2, -0.15) is 5.26 Å². The Morgan fingerprint density at radius 3 is 2.33 bits per heavy atom. The number of hydrogen-bond donors (Lipinski definition) is 1. The number of oxime groups is 1. The van der Waals surface area contributed by atoms with E-state index in [1.54, 1.807) is 0 Å². The lowest BCUT2D eigenvalue weighted by Gasteiger charge is -1.99. The first-order chi connectivity index (χ1) is 7.02. The van der Waals surface area contributed by atoms with Crippen molar-refractivity contribution in [3.63, 3.8) is 0 Å². The first-order valence-electron chi connectivity index (χ1n) is 3.65. The maximum atomic E-state index is 11.5. The molecule has 0 atom stereocenters. The van der Waals surface area contributed by atoms with Gasteiger partial charge in [0.25, 0.3) is 5.04 Å². The van der Waals surface area contributed by atoms with Crippen molar-refractivity contribution < 1.29 is 13.6 Å². The van der Waals surface area contributed by atoms with E-state index in [1.807, 2.05) is 0 Å². The molecule has 0 aliphatic rings. The van der Waals surface area contributed by atoms with E-state index in [4.69, 9.17) is 22.1 Å². The molecule has 1 rings (SSSR count). The first kappa shape index (κ1) is 11.5. The quantitative estimate of drug-likeness (QED) is 0.350. The zero-order valence-corrected chi connectivity index (χ0v) is 8.83. The van der Waals surface area contributed by atoms with Crippen molar-refractivity contribution in [2.75, 3.05) is 0 Å². The Hall–Kier alpha value is -1.58. The topological polar surface area (TPSA) is 90.5 Å². The van der Waals surface area contributed by atoms with Crippen molar-refractivity contribution in [2.24, 2.45) is 5.16 Å². The fourth-order valence-electron chi connectivity index (χ4n) is 0.862. The van der Waals surface area contributed by atoms with E-state index < -0.39 is 14.9 Å². The van der Waals surface area contributed by atoms with E-state index in [9.17, 15) is 8.42 Å². The molecule has 0 aliphatic heterocycles. The SMILES string of the molecule is N#C/C(=N/O)S(=O)(=O)c1ccc(Cl)cc1. The average molecular weight is 245 g/mol. The summed E-state index contributed by atoms with van der Waals surface area (Å²) in [5.41, 5.74) is 0. The molecule has 0 radical (unpaired) electrons. The van der Waals surface area contributed by atoms with Crippen LogP contribution in [0.5, 0.6) is 0 Å². The van der Waals surface area contributed by atoms with Crippen molar-refractivity contribution in [3.05, 3.63) is 29.3 Å². The molecule has 0 heterocycles. The highest BCUT2D eigenvalue weighted by Crippen LogP contribution is 2.16. The molecule has 1 N–H and O–H groups in total. The predicted molar refractivity (Wildman–Crippen MR) is 53.5 cm³/mol. The molecule has 0 aliphatic carbocycles. The third-order valence-electron chi connectivity index (χ3n) is 1.56. The van der Waals surface area contributed by atoms with Gasteiger partial charge in [-0.3, -0.25) is 0 Å². The van der Waals surface area contributed by atoms with Gasteiger partial charge in [-0.15, -0.1) is 0 Å². The van der Waals surface area contributed by atoms with E-state index in [-0.39, 0.29) is 4.90 Å². The smallest absolute Gasteiger partial charge is 0.275 e. The summed E-state index contributed by atoms with van der Waals surface area (Å²) in [6, 6.07) is 6.45. The Balaban J connectivity index is 3.31. The molecule has 5 nitrogen and oxygen atoms in total. The van der Waals surface area contributed by atoms with Gasteiger partial charge in [0, 0.05) is 5.02 Å². The van der Waals surface area contributed by atoms with Crippen LogP contribution in [0.4, 0.5) is 0 Å². The minimum atomic E-state index is -4.04. The summed E-state index contributed by atoms with van der Waals surface area (Å²) in [7, 11) is -4.04. The summed E-state index contributed by atoms with van der Waals surface area (Å²) in [6.07, 6.45) is 0. The normalized spacial score (nSPS) is 12.1. The number of halogens is 1. The van der Waals surface area contributed by atoms with Crippen LogP contribution in [-0.2, 0) is 9.84 Å². The van der Waals surface area contributed by atoms with E-state index in [0.29, 0.717) is 5.02 Å². The maximum absolute atomic E-state index is 11.5. The van der Waals surface area contributed by atoms with Gasteiger partial charge >= 0.3 is 0 Å². The number of benzene rings is 1. The molecular formula is C8H5ClN2O3S. The maximum Gasteiger partial charge on any atom is 0.275 e. The number of rotatable bonds is 1. The molecule has 0 saturated heterocycles. The molecule has 7 heteroatoms. The molecular weight excluding hydrogens is 240 g/mol. The predicted octanol–water partition coefficient (Wildman–Crippen LogP) is 1.42. The molecule has 0 spiro atoms. The number of sulfone groups is 1. The second kappa shape index (κ2) is 4.29. The summed E-state index contributed by atoms with van der Waals surface area (Å²) in [5.74, 6) is 0. The van der Waals surface area contributed by atoms with E-state index in [2.05, 4.69) is 5.16 Å². The van der Waals surface area contributed by atoms with E-state index in [1.165, 1.54) is 30.3 Å². The van der Waals surface area contributed by atoms with Crippen molar-refractivity contribution in [1.82, 2.24) is 0 Å². The minimum Gasteiger partial charge on any atom is -0.409 e. The zero-order valence-electron chi connectivity index (χ0n) is 7.25. The van der Waals surface area contributed by atoms with Crippen molar-refractivity contribution in [2.45, 2.75) is 4.90 Å². The Bertz CT molecular complexity index is 528. The van der Waals surface area contributed by atoms with Gasteiger partial charge in [-0.1, -0.05) is 16.8 Å².